The fraction of sp³-hybridized carbons (Fsp3) is 0.538. The zero-order chi connectivity index (χ0) is 14.4. The zero-order valence-corrected chi connectivity index (χ0v) is 12.2. The number of nitrogens with one attached hydrogen (secondary N) is 1. The van der Waals surface area contributed by atoms with E-state index in [0.29, 0.717) is 11.4 Å². The van der Waals surface area contributed by atoms with Crippen LogP contribution in [-0.4, -0.2) is 62.4 Å². The van der Waals surface area contributed by atoms with E-state index in [1.807, 2.05) is 0 Å². The van der Waals surface area contributed by atoms with Gasteiger partial charge in [-0.3, -0.25) is 4.90 Å². The summed E-state index contributed by atoms with van der Waals surface area (Å²) in [4.78, 5) is 17.9. The van der Waals surface area contributed by atoms with E-state index in [4.69, 9.17) is 16.3 Å². The van der Waals surface area contributed by atoms with Gasteiger partial charge < -0.3 is 14.8 Å². The number of anilines is 1. The molecule has 0 amide bonds. The van der Waals surface area contributed by atoms with Gasteiger partial charge in [-0.25, -0.2) is 9.78 Å². The molecule has 1 N–H and O–H groups in total. The number of ether oxygens (including phenoxy) is 2. The van der Waals surface area contributed by atoms with Gasteiger partial charge in [-0.15, -0.1) is 0 Å². The summed E-state index contributed by atoms with van der Waals surface area (Å²) in [5, 5.41) is 3.43. The van der Waals surface area contributed by atoms with Crippen molar-refractivity contribution in [2.75, 3.05) is 51.8 Å². The van der Waals surface area contributed by atoms with E-state index in [1.54, 1.807) is 6.07 Å². The first-order chi connectivity index (χ1) is 9.69. The van der Waals surface area contributed by atoms with Gasteiger partial charge in [0.15, 0.2) is 0 Å². The largest absolute Gasteiger partial charge is 0.465 e. The van der Waals surface area contributed by atoms with E-state index in [2.05, 4.69) is 19.9 Å². The van der Waals surface area contributed by atoms with Crippen LogP contribution in [0.5, 0.6) is 0 Å². The van der Waals surface area contributed by atoms with Gasteiger partial charge in [0.2, 0.25) is 0 Å². The van der Waals surface area contributed by atoms with Gasteiger partial charge in [-0.05, 0) is 12.1 Å². The van der Waals surface area contributed by atoms with E-state index in [0.717, 1.165) is 39.4 Å². The molecule has 0 radical (unpaired) electrons. The van der Waals surface area contributed by atoms with Gasteiger partial charge >= 0.3 is 5.97 Å². The lowest BCUT2D eigenvalue weighted by Gasteiger charge is -2.26. The number of nitrogens with zero attached hydrogens (tertiary/aromatic N) is 2. The maximum absolute atomic E-state index is 11.5. The summed E-state index contributed by atoms with van der Waals surface area (Å²) >= 11 is 5.89. The lowest BCUT2D eigenvalue weighted by Crippen LogP contribution is -2.39. The number of carbonyl (C=O) groups is 1. The molecule has 1 fully saturated rings. The van der Waals surface area contributed by atoms with Crippen LogP contribution in [0.15, 0.2) is 12.1 Å². The molecule has 0 aromatic carbocycles. The Kier molecular flexibility index (Phi) is 5.58. The van der Waals surface area contributed by atoms with E-state index in [9.17, 15) is 4.79 Å². The van der Waals surface area contributed by atoms with Gasteiger partial charge in [0.25, 0.3) is 0 Å². The molecule has 1 aliphatic rings. The number of esters is 1. The van der Waals surface area contributed by atoms with Crippen LogP contribution in [0.4, 0.5) is 5.82 Å². The Hall–Kier alpha value is -1.37. The molecule has 0 spiro atoms. The molecule has 0 aliphatic carbocycles. The first-order valence-corrected chi connectivity index (χ1v) is 6.86. The van der Waals surface area contributed by atoms with Crippen molar-refractivity contribution in [2.45, 2.75) is 0 Å². The maximum atomic E-state index is 11.5. The SMILES string of the molecule is COC(=O)c1cc(Cl)nc(NCCN2CCOCC2)c1. The van der Waals surface area contributed by atoms with Crippen molar-refractivity contribution in [2.24, 2.45) is 0 Å². The van der Waals surface area contributed by atoms with E-state index in [1.165, 1.54) is 13.2 Å². The highest BCUT2D eigenvalue weighted by atomic mass is 35.5. The molecule has 6 nitrogen and oxygen atoms in total. The van der Waals surface area contributed by atoms with Crippen LogP contribution in [0.1, 0.15) is 10.4 Å². The minimum absolute atomic E-state index is 0.266. The molecule has 0 atom stereocenters. The van der Waals surface area contributed by atoms with Crippen LogP contribution in [0, 0.1) is 0 Å². The van der Waals surface area contributed by atoms with E-state index in [-0.39, 0.29) is 5.15 Å². The predicted octanol–water partition coefficient (Wildman–Crippen LogP) is 1.27. The summed E-state index contributed by atoms with van der Waals surface area (Å²) in [5.74, 6) is 0.150. The van der Waals surface area contributed by atoms with Crippen LogP contribution in [0.3, 0.4) is 0 Å². The lowest BCUT2D eigenvalue weighted by molar-refractivity contribution is 0.0398. The molecule has 20 heavy (non-hydrogen) atoms. The van der Waals surface area contributed by atoms with Gasteiger partial charge in [-0.1, -0.05) is 11.6 Å². The van der Waals surface area contributed by atoms with Crippen molar-refractivity contribution in [3.05, 3.63) is 22.8 Å². The number of hydrogen-bond acceptors (Lipinski definition) is 6. The number of aromatic nitrogens is 1. The minimum Gasteiger partial charge on any atom is -0.465 e. The minimum atomic E-state index is -0.425. The maximum Gasteiger partial charge on any atom is 0.338 e. The smallest absolute Gasteiger partial charge is 0.338 e. The number of morpholine rings is 1. The monoisotopic (exact) mass is 299 g/mol. The molecule has 1 aliphatic heterocycles. The number of hydrogen-bond donors (Lipinski definition) is 1. The van der Waals surface area contributed by atoms with Crippen LogP contribution < -0.4 is 5.32 Å². The van der Waals surface area contributed by atoms with Crippen LogP contribution in [-0.2, 0) is 9.47 Å². The van der Waals surface area contributed by atoms with Crippen molar-refractivity contribution in [1.29, 1.82) is 0 Å². The number of rotatable bonds is 5. The summed E-state index contributed by atoms with van der Waals surface area (Å²) in [5.41, 5.74) is 0.390. The van der Waals surface area contributed by atoms with Crippen molar-refractivity contribution in [3.8, 4) is 0 Å². The van der Waals surface area contributed by atoms with Gasteiger partial charge in [0, 0.05) is 26.2 Å². The number of carbonyl (C=O) groups excluding carboxylic acids is 1. The molecule has 0 saturated carbocycles. The molecule has 1 saturated heterocycles. The Bertz CT molecular complexity index is 464. The Balaban J connectivity index is 1.88. The van der Waals surface area contributed by atoms with Crippen molar-refractivity contribution in [3.63, 3.8) is 0 Å². The van der Waals surface area contributed by atoms with Gasteiger partial charge in [0.1, 0.15) is 11.0 Å². The fourth-order valence-corrected chi connectivity index (χ4v) is 2.20. The van der Waals surface area contributed by atoms with Crippen molar-refractivity contribution < 1.29 is 14.3 Å². The average molecular weight is 300 g/mol. The lowest BCUT2D eigenvalue weighted by atomic mass is 10.2. The Morgan fingerprint density at radius 3 is 2.95 bits per heavy atom. The molecular formula is C13H18ClN3O3. The zero-order valence-electron chi connectivity index (χ0n) is 11.4. The van der Waals surface area contributed by atoms with Crippen LogP contribution in [0.2, 0.25) is 5.15 Å². The highest BCUT2D eigenvalue weighted by molar-refractivity contribution is 6.29. The Morgan fingerprint density at radius 1 is 1.50 bits per heavy atom. The molecule has 7 heteroatoms. The summed E-state index contributed by atoms with van der Waals surface area (Å²) < 4.78 is 9.96. The highest BCUT2D eigenvalue weighted by Gasteiger charge is 2.11. The fourth-order valence-electron chi connectivity index (χ4n) is 1.99. The molecule has 1 aromatic rings. The van der Waals surface area contributed by atoms with Crippen molar-refractivity contribution >= 4 is 23.4 Å². The first-order valence-electron chi connectivity index (χ1n) is 6.49. The predicted molar refractivity (Wildman–Crippen MR) is 76.3 cm³/mol. The van der Waals surface area contributed by atoms with E-state index < -0.39 is 5.97 Å². The third-order valence-corrected chi connectivity index (χ3v) is 3.25. The topological polar surface area (TPSA) is 63.7 Å². The van der Waals surface area contributed by atoms with Crippen LogP contribution in [0.25, 0.3) is 0 Å². The second-order valence-electron chi connectivity index (χ2n) is 4.44. The summed E-state index contributed by atoms with van der Waals surface area (Å²) in [7, 11) is 1.34. The van der Waals surface area contributed by atoms with Crippen LogP contribution >= 0.6 is 11.6 Å². The van der Waals surface area contributed by atoms with E-state index >= 15 is 0 Å². The summed E-state index contributed by atoms with van der Waals surface area (Å²) in [6, 6.07) is 3.12. The second-order valence-corrected chi connectivity index (χ2v) is 4.82. The Labute approximate surface area is 123 Å². The molecule has 110 valence electrons. The third-order valence-electron chi connectivity index (χ3n) is 3.05. The molecule has 1 aromatic heterocycles. The average Bonchev–Trinajstić information content (AvgIpc) is 2.47. The molecule has 2 rings (SSSR count). The van der Waals surface area contributed by atoms with Gasteiger partial charge in [0.05, 0.1) is 25.9 Å². The third kappa shape index (κ3) is 4.33. The number of pyridine rings is 1. The second kappa shape index (κ2) is 7.42. The quantitative estimate of drug-likeness (QED) is 0.652. The normalized spacial score (nSPS) is 15.9. The van der Waals surface area contributed by atoms with Crippen molar-refractivity contribution in [1.82, 2.24) is 9.88 Å². The summed E-state index contributed by atoms with van der Waals surface area (Å²) in [6.45, 7) is 5.07. The first kappa shape index (κ1) is 15.0. The van der Waals surface area contributed by atoms with Gasteiger partial charge in [-0.2, -0.15) is 0 Å². The number of halogens is 1. The Morgan fingerprint density at radius 2 is 2.25 bits per heavy atom. The number of methoxy groups -OCH3 is 1. The molecule has 2 heterocycles. The molecular weight excluding hydrogens is 282 g/mol. The highest BCUT2D eigenvalue weighted by Crippen LogP contribution is 2.15. The molecule has 0 bridgehead atoms. The standard InChI is InChI=1S/C13H18ClN3O3/c1-19-13(18)10-8-11(14)16-12(9-10)15-2-3-17-4-6-20-7-5-17/h8-9H,2-7H2,1H3,(H,15,16). The molecule has 0 unspecified atom stereocenters. The summed E-state index contributed by atoms with van der Waals surface area (Å²) in [6.07, 6.45) is 0.